The van der Waals surface area contributed by atoms with Crippen molar-refractivity contribution in [2.24, 2.45) is 17.6 Å². The van der Waals surface area contributed by atoms with Gasteiger partial charge in [-0.15, -0.1) is 0 Å². The zero-order valence-electron chi connectivity index (χ0n) is 9.56. The number of nitrogens with zero attached hydrogens (tertiary/aromatic N) is 1. The number of hydrogen-bond donors (Lipinski definition) is 2. The van der Waals surface area contributed by atoms with Crippen molar-refractivity contribution in [1.29, 1.82) is 0 Å². The van der Waals surface area contributed by atoms with E-state index in [4.69, 9.17) is 5.73 Å². The molecule has 4 nitrogen and oxygen atoms in total. The van der Waals surface area contributed by atoms with Gasteiger partial charge in [-0.3, -0.25) is 4.79 Å². The maximum absolute atomic E-state index is 11.8. The fourth-order valence-corrected chi connectivity index (χ4v) is 2.69. The van der Waals surface area contributed by atoms with E-state index in [2.05, 4.69) is 0 Å². The molecule has 0 aromatic rings. The Kier molecular flexibility index (Phi) is 2.27. The van der Waals surface area contributed by atoms with Crippen molar-refractivity contribution in [3.8, 4) is 0 Å². The minimum atomic E-state index is -0.556. The lowest BCUT2D eigenvalue weighted by Gasteiger charge is -2.47. The molecule has 0 aromatic heterocycles. The monoisotopic (exact) mass is 224 g/mol. The van der Waals surface area contributed by atoms with Crippen LogP contribution in [-0.4, -0.2) is 40.6 Å². The van der Waals surface area contributed by atoms with Crippen molar-refractivity contribution < 1.29 is 9.90 Å². The van der Waals surface area contributed by atoms with Crippen LogP contribution in [0.3, 0.4) is 0 Å². The molecule has 4 heteroatoms. The van der Waals surface area contributed by atoms with Crippen molar-refractivity contribution in [1.82, 2.24) is 4.90 Å². The van der Waals surface area contributed by atoms with E-state index < -0.39 is 5.60 Å². The zero-order chi connectivity index (χ0) is 11.3. The van der Waals surface area contributed by atoms with Crippen molar-refractivity contribution in [2.45, 2.75) is 43.7 Å². The smallest absolute Gasteiger partial charge is 0.224 e. The Morgan fingerprint density at radius 3 is 2.50 bits per heavy atom. The van der Waals surface area contributed by atoms with Crippen molar-refractivity contribution >= 4 is 5.91 Å². The highest BCUT2D eigenvalue weighted by molar-refractivity contribution is 5.78. The van der Waals surface area contributed by atoms with Gasteiger partial charge < -0.3 is 15.7 Å². The van der Waals surface area contributed by atoms with E-state index in [1.54, 1.807) is 4.90 Å². The van der Waals surface area contributed by atoms with Crippen LogP contribution in [0.4, 0.5) is 0 Å². The molecule has 3 rings (SSSR count). The molecule has 3 N–H and O–H groups in total. The summed E-state index contributed by atoms with van der Waals surface area (Å²) in [4.78, 5) is 13.6. The largest absolute Gasteiger partial charge is 0.386 e. The first kappa shape index (κ1) is 10.5. The Bertz CT molecular complexity index is 304. The molecule has 3 aliphatic rings. The van der Waals surface area contributed by atoms with Gasteiger partial charge in [-0.2, -0.15) is 0 Å². The molecule has 1 aliphatic heterocycles. The normalized spacial score (nSPS) is 29.8. The van der Waals surface area contributed by atoms with Crippen LogP contribution in [0.2, 0.25) is 0 Å². The van der Waals surface area contributed by atoms with Gasteiger partial charge in [-0.05, 0) is 37.5 Å². The molecular weight excluding hydrogens is 204 g/mol. The molecule has 0 spiro atoms. The SMILES string of the molecule is NC(CC(=O)N1CC(O)(C2CC2)C1)C1CC1. The highest BCUT2D eigenvalue weighted by Gasteiger charge is 2.53. The van der Waals surface area contributed by atoms with E-state index in [1.165, 1.54) is 12.8 Å². The summed E-state index contributed by atoms with van der Waals surface area (Å²) in [5.41, 5.74) is 5.37. The maximum atomic E-state index is 11.8. The number of rotatable bonds is 4. The highest BCUT2D eigenvalue weighted by Crippen LogP contribution is 2.44. The van der Waals surface area contributed by atoms with E-state index in [0.29, 0.717) is 31.3 Å². The second kappa shape index (κ2) is 3.44. The number of amides is 1. The minimum absolute atomic E-state index is 0.0436. The van der Waals surface area contributed by atoms with Crippen LogP contribution in [-0.2, 0) is 4.79 Å². The molecule has 3 fully saturated rings. The zero-order valence-corrected chi connectivity index (χ0v) is 9.56. The minimum Gasteiger partial charge on any atom is -0.386 e. The second-order valence-electron chi connectivity index (χ2n) is 5.83. The van der Waals surface area contributed by atoms with Crippen molar-refractivity contribution in [3.05, 3.63) is 0 Å². The lowest BCUT2D eigenvalue weighted by molar-refractivity contribution is -0.159. The van der Waals surface area contributed by atoms with E-state index in [0.717, 1.165) is 12.8 Å². The van der Waals surface area contributed by atoms with Gasteiger partial charge in [-0.1, -0.05) is 0 Å². The Balaban J connectivity index is 1.46. The number of aliphatic hydroxyl groups is 1. The molecular formula is C12H20N2O2. The van der Waals surface area contributed by atoms with Crippen LogP contribution in [0, 0.1) is 11.8 Å². The number of likely N-dealkylation sites (tertiary alicyclic amines) is 1. The molecule has 90 valence electrons. The van der Waals surface area contributed by atoms with Gasteiger partial charge in [0.25, 0.3) is 0 Å². The number of hydrogen-bond acceptors (Lipinski definition) is 3. The van der Waals surface area contributed by atoms with Crippen LogP contribution in [0.15, 0.2) is 0 Å². The molecule has 2 aliphatic carbocycles. The summed E-state index contributed by atoms with van der Waals surface area (Å²) in [7, 11) is 0. The summed E-state index contributed by atoms with van der Waals surface area (Å²) in [6.45, 7) is 1.07. The molecule has 0 aromatic carbocycles. The van der Waals surface area contributed by atoms with E-state index in [-0.39, 0.29) is 11.9 Å². The number of carbonyl (C=O) groups is 1. The Morgan fingerprint density at radius 1 is 1.38 bits per heavy atom. The van der Waals surface area contributed by atoms with E-state index in [1.807, 2.05) is 0 Å². The van der Waals surface area contributed by atoms with Gasteiger partial charge >= 0.3 is 0 Å². The third-order valence-corrected chi connectivity index (χ3v) is 4.26. The molecule has 16 heavy (non-hydrogen) atoms. The van der Waals surface area contributed by atoms with Crippen LogP contribution in [0.25, 0.3) is 0 Å². The quantitative estimate of drug-likeness (QED) is 0.711. The fraction of sp³-hybridized carbons (Fsp3) is 0.917. The molecule has 1 amide bonds. The van der Waals surface area contributed by atoms with Crippen LogP contribution < -0.4 is 5.73 Å². The third kappa shape index (κ3) is 1.84. The van der Waals surface area contributed by atoms with Gasteiger partial charge in [-0.25, -0.2) is 0 Å². The first-order valence-corrected chi connectivity index (χ1v) is 6.34. The molecule has 1 unspecified atom stereocenters. The lowest BCUT2D eigenvalue weighted by atomic mass is 9.88. The van der Waals surface area contributed by atoms with Crippen LogP contribution in [0.5, 0.6) is 0 Å². The fourth-order valence-electron chi connectivity index (χ4n) is 2.69. The molecule has 1 atom stereocenters. The molecule has 1 heterocycles. The molecule has 0 radical (unpaired) electrons. The predicted octanol–water partition coefficient (Wildman–Crippen LogP) is 0.0971. The van der Waals surface area contributed by atoms with Gasteiger partial charge in [0.05, 0.1) is 13.1 Å². The summed E-state index contributed by atoms with van der Waals surface area (Å²) in [6.07, 6.45) is 5.08. The summed E-state index contributed by atoms with van der Waals surface area (Å²) in [6, 6.07) is 0.0436. The summed E-state index contributed by atoms with van der Waals surface area (Å²) >= 11 is 0. The number of nitrogens with two attached hydrogens (primary N) is 1. The summed E-state index contributed by atoms with van der Waals surface area (Å²) in [5, 5.41) is 10.1. The Morgan fingerprint density at radius 2 is 2.00 bits per heavy atom. The van der Waals surface area contributed by atoms with Crippen molar-refractivity contribution in [3.63, 3.8) is 0 Å². The van der Waals surface area contributed by atoms with Gasteiger partial charge in [0.15, 0.2) is 0 Å². The highest BCUT2D eigenvalue weighted by atomic mass is 16.3. The number of carbonyl (C=O) groups excluding carboxylic acids is 1. The topological polar surface area (TPSA) is 66.6 Å². The standard InChI is InChI=1S/C12H20N2O2/c13-10(8-1-2-8)5-11(15)14-6-12(16,7-14)9-3-4-9/h8-10,16H,1-7,13H2. The first-order valence-electron chi connectivity index (χ1n) is 6.34. The van der Waals surface area contributed by atoms with Crippen LogP contribution >= 0.6 is 0 Å². The van der Waals surface area contributed by atoms with Crippen LogP contribution in [0.1, 0.15) is 32.1 Å². The summed E-state index contributed by atoms with van der Waals surface area (Å²) in [5.74, 6) is 1.16. The molecule has 1 saturated heterocycles. The number of β-amino-alcohol motifs (C(OH)–C–C–N with tert-alkyl or cyclic N) is 1. The average molecular weight is 224 g/mol. The van der Waals surface area contributed by atoms with Crippen molar-refractivity contribution in [2.75, 3.05) is 13.1 Å². The molecule has 0 bridgehead atoms. The first-order chi connectivity index (χ1) is 7.58. The second-order valence-corrected chi connectivity index (χ2v) is 5.83. The maximum Gasteiger partial charge on any atom is 0.224 e. The molecule has 2 saturated carbocycles. The Labute approximate surface area is 95.8 Å². The van der Waals surface area contributed by atoms with Gasteiger partial charge in [0.2, 0.25) is 5.91 Å². The predicted molar refractivity (Wildman–Crippen MR) is 59.6 cm³/mol. The summed E-state index contributed by atoms with van der Waals surface area (Å²) < 4.78 is 0. The average Bonchev–Trinajstić information content (AvgIpc) is 3.03. The van der Waals surface area contributed by atoms with E-state index >= 15 is 0 Å². The lowest BCUT2D eigenvalue weighted by Crippen LogP contribution is -2.65. The van der Waals surface area contributed by atoms with E-state index in [9.17, 15) is 9.90 Å². The van der Waals surface area contributed by atoms with Gasteiger partial charge in [0, 0.05) is 12.5 Å². The third-order valence-electron chi connectivity index (χ3n) is 4.26. The Hall–Kier alpha value is -0.610. The van der Waals surface area contributed by atoms with Gasteiger partial charge in [0.1, 0.15) is 5.60 Å².